The van der Waals surface area contributed by atoms with E-state index in [9.17, 15) is 0 Å². The summed E-state index contributed by atoms with van der Waals surface area (Å²) in [6, 6.07) is 6.55. The topological polar surface area (TPSA) is 40.7 Å². The Hall–Kier alpha value is -1.00. The fraction of sp³-hybridized carbons (Fsp3) is 0.611. The summed E-state index contributed by atoms with van der Waals surface area (Å²) in [5.41, 5.74) is 2.24. The second-order valence-corrected chi connectivity index (χ2v) is 7.51. The molecule has 1 aromatic heterocycles. The van der Waals surface area contributed by atoms with Gasteiger partial charge in [-0.15, -0.1) is 11.8 Å². The zero-order valence-corrected chi connectivity index (χ0v) is 14.3. The van der Waals surface area contributed by atoms with Crippen LogP contribution >= 0.6 is 11.8 Å². The number of H-pyrrole nitrogens is 1. The highest BCUT2D eigenvalue weighted by Gasteiger charge is 2.13. The molecule has 22 heavy (non-hydrogen) atoms. The Morgan fingerprint density at radius 1 is 1.27 bits per heavy atom. The van der Waals surface area contributed by atoms with Gasteiger partial charge in [-0.25, -0.2) is 4.98 Å². The molecule has 0 saturated heterocycles. The van der Waals surface area contributed by atoms with Crippen LogP contribution in [0.25, 0.3) is 11.0 Å². The molecule has 1 aliphatic rings. The maximum absolute atomic E-state index is 4.69. The molecule has 1 aromatic carbocycles. The zero-order valence-electron chi connectivity index (χ0n) is 13.5. The summed E-state index contributed by atoms with van der Waals surface area (Å²) < 4.78 is 0. The van der Waals surface area contributed by atoms with Gasteiger partial charge in [0, 0.05) is 4.90 Å². The zero-order chi connectivity index (χ0) is 15.2. The van der Waals surface area contributed by atoms with Crippen molar-refractivity contribution in [3.63, 3.8) is 0 Å². The average molecular weight is 318 g/mol. The number of fused-ring (bicyclic) bond motifs is 1. The lowest BCUT2D eigenvalue weighted by Gasteiger charge is -2.21. The van der Waals surface area contributed by atoms with Crippen molar-refractivity contribution in [1.29, 1.82) is 0 Å². The maximum atomic E-state index is 4.69. The van der Waals surface area contributed by atoms with Crippen LogP contribution in [0.4, 0.5) is 0 Å². The first-order valence-electron chi connectivity index (χ1n) is 8.67. The van der Waals surface area contributed by atoms with Crippen LogP contribution < -0.4 is 5.32 Å². The Morgan fingerprint density at radius 3 is 2.95 bits per heavy atom. The van der Waals surface area contributed by atoms with Crippen LogP contribution in [-0.2, 0) is 6.54 Å². The molecule has 1 fully saturated rings. The molecule has 3 nitrogen and oxygen atoms in total. The monoisotopic (exact) mass is 317 g/mol. The summed E-state index contributed by atoms with van der Waals surface area (Å²) in [4.78, 5) is 9.49. The van der Waals surface area contributed by atoms with Crippen molar-refractivity contribution in [1.82, 2.24) is 15.3 Å². The largest absolute Gasteiger partial charge is 0.341 e. The quantitative estimate of drug-likeness (QED) is 0.725. The molecule has 4 heteroatoms. The minimum Gasteiger partial charge on any atom is -0.341 e. The Kier molecular flexibility index (Phi) is 5.79. The highest BCUT2D eigenvalue weighted by Crippen LogP contribution is 2.24. The molecule has 0 spiro atoms. The third kappa shape index (κ3) is 4.26. The number of hydrogen-bond donors (Lipinski definition) is 2. The Labute approximate surface area is 137 Å². The molecule has 1 aliphatic carbocycles. The van der Waals surface area contributed by atoms with E-state index in [0.29, 0.717) is 0 Å². The molecule has 2 aromatic rings. The highest BCUT2D eigenvalue weighted by atomic mass is 32.2. The minimum absolute atomic E-state index is 0.850. The first-order valence-corrected chi connectivity index (χ1v) is 9.66. The number of hydrogen-bond acceptors (Lipinski definition) is 3. The van der Waals surface area contributed by atoms with Crippen LogP contribution in [0.1, 0.15) is 51.3 Å². The van der Waals surface area contributed by atoms with Gasteiger partial charge in [0.2, 0.25) is 0 Å². The number of nitrogens with zero attached hydrogens (tertiary/aromatic N) is 1. The highest BCUT2D eigenvalue weighted by molar-refractivity contribution is 7.99. The van der Waals surface area contributed by atoms with Gasteiger partial charge in [0.1, 0.15) is 5.82 Å². The van der Waals surface area contributed by atoms with Crippen LogP contribution in [0, 0.1) is 5.92 Å². The smallest absolute Gasteiger partial charge is 0.121 e. The van der Waals surface area contributed by atoms with Crippen LogP contribution in [0.2, 0.25) is 0 Å². The lowest BCUT2D eigenvalue weighted by atomic mass is 9.89. The number of aromatic amines is 1. The SMILES string of the molecule is CCCSc1ccc2nc(CNCC3CCCCC3)[nH]c2c1. The molecule has 2 N–H and O–H groups in total. The first kappa shape index (κ1) is 15.9. The van der Waals surface area contributed by atoms with Crippen molar-refractivity contribution < 1.29 is 0 Å². The molecule has 3 rings (SSSR count). The van der Waals surface area contributed by atoms with Gasteiger partial charge >= 0.3 is 0 Å². The fourth-order valence-electron chi connectivity index (χ4n) is 3.22. The molecule has 0 amide bonds. The molecular weight excluding hydrogens is 290 g/mol. The lowest BCUT2D eigenvalue weighted by Crippen LogP contribution is -2.24. The number of imidazole rings is 1. The molecule has 0 atom stereocenters. The number of thioether (sulfide) groups is 1. The number of rotatable bonds is 7. The molecule has 0 aliphatic heterocycles. The van der Waals surface area contributed by atoms with E-state index >= 15 is 0 Å². The van der Waals surface area contributed by atoms with Crippen molar-refractivity contribution in [2.45, 2.75) is 56.9 Å². The average Bonchev–Trinajstić information content (AvgIpc) is 2.96. The van der Waals surface area contributed by atoms with Gasteiger partial charge in [0.25, 0.3) is 0 Å². The van der Waals surface area contributed by atoms with Crippen molar-refractivity contribution in [3.8, 4) is 0 Å². The second-order valence-electron chi connectivity index (χ2n) is 6.35. The molecule has 1 saturated carbocycles. The third-order valence-electron chi connectivity index (χ3n) is 4.43. The van der Waals surface area contributed by atoms with Crippen LogP contribution in [-0.4, -0.2) is 22.3 Å². The number of aromatic nitrogens is 2. The van der Waals surface area contributed by atoms with Gasteiger partial charge in [-0.2, -0.15) is 0 Å². The molecular formula is C18H27N3S. The van der Waals surface area contributed by atoms with Crippen molar-refractivity contribution in [2.24, 2.45) is 5.92 Å². The van der Waals surface area contributed by atoms with Gasteiger partial charge in [-0.05, 0) is 55.7 Å². The van der Waals surface area contributed by atoms with E-state index in [1.54, 1.807) is 0 Å². The van der Waals surface area contributed by atoms with E-state index in [-0.39, 0.29) is 0 Å². The van der Waals surface area contributed by atoms with Gasteiger partial charge in [0.15, 0.2) is 0 Å². The molecule has 0 radical (unpaired) electrons. The van der Waals surface area contributed by atoms with Crippen molar-refractivity contribution in [3.05, 3.63) is 24.0 Å². The van der Waals surface area contributed by atoms with Gasteiger partial charge in [0.05, 0.1) is 17.6 Å². The molecule has 1 heterocycles. The minimum atomic E-state index is 0.850. The predicted molar refractivity (Wildman–Crippen MR) is 95.4 cm³/mol. The summed E-state index contributed by atoms with van der Waals surface area (Å²) in [6.07, 6.45) is 8.25. The van der Waals surface area contributed by atoms with Crippen molar-refractivity contribution in [2.75, 3.05) is 12.3 Å². The third-order valence-corrected chi connectivity index (χ3v) is 5.63. The van der Waals surface area contributed by atoms with Crippen molar-refractivity contribution >= 4 is 22.8 Å². The van der Waals surface area contributed by atoms with Gasteiger partial charge < -0.3 is 10.3 Å². The Bertz CT molecular complexity index is 587. The molecule has 120 valence electrons. The standard InChI is InChI=1S/C18H27N3S/c1-2-10-22-15-8-9-16-17(11-15)21-18(20-16)13-19-12-14-6-4-3-5-7-14/h8-9,11,14,19H,2-7,10,12-13H2,1H3,(H,20,21). The van der Waals surface area contributed by atoms with E-state index in [0.717, 1.165) is 35.9 Å². The van der Waals surface area contributed by atoms with E-state index in [1.165, 1.54) is 49.2 Å². The van der Waals surface area contributed by atoms with E-state index < -0.39 is 0 Å². The van der Waals surface area contributed by atoms with E-state index in [4.69, 9.17) is 0 Å². The van der Waals surface area contributed by atoms with Gasteiger partial charge in [-0.1, -0.05) is 26.2 Å². The second kappa shape index (κ2) is 8.02. The molecule has 0 bridgehead atoms. The lowest BCUT2D eigenvalue weighted by molar-refractivity contribution is 0.341. The van der Waals surface area contributed by atoms with Crippen LogP contribution in [0.15, 0.2) is 23.1 Å². The van der Waals surface area contributed by atoms with Gasteiger partial charge in [-0.3, -0.25) is 0 Å². The number of nitrogens with one attached hydrogen (secondary N) is 2. The Morgan fingerprint density at radius 2 is 2.14 bits per heavy atom. The Balaban J connectivity index is 1.54. The normalized spacial score (nSPS) is 16.4. The number of benzene rings is 1. The van der Waals surface area contributed by atoms with Crippen LogP contribution in [0.3, 0.4) is 0 Å². The molecule has 0 unspecified atom stereocenters. The van der Waals surface area contributed by atoms with E-state index in [2.05, 4.69) is 40.4 Å². The summed E-state index contributed by atoms with van der Waals surface area (Å²) in [5.74, 6) is 3.11. The summed E-state index contributed by atoms with van der Waals surface area (Å²) >= 11 is 1.92. The van der Waals surface area contributed by atoms with Crippen LogP contribution in [0.5, 0.6) is 0 Å². The predicted octanol–water partition coefficient (Wildman–Crippen LogP) is 4.73. The first-order chi connectivity index (χ1) is 10.8. The summed E-state index contributed by atoms with van der Waals surface area (Å²) in [6.45, 7) is 4.20. The summed E-state index contributed by atoms with van der Waals surface area (Å²) in [5, 5.41) is 3.58. The summed E-state index contributed by atoms with van der Waals surface area (Å²) in [7, 11) is 0. The maximum Gasteiger partial charge on any atom is 0.121 e. The fourth-order valence-corrected chi connectivity index (χ4v) is 4.03. The van der Waals surface area contributed by atoms with E-state index in [1.807, 2.05) is 11.8 Å².